The van der Waals surface area contributed by atoms with Gasteiger partial charge in [0.1, 0.15) is 11.9 Å². The molecule has 9 nitrogen and oxygen atoms in total. The minimum absolute atomic E-state index is 0.161. The van der Waals surface area contributed by atoms with Crippen LogP contribution in [0.3, 0.4) is 0 Å². The molecule has 41 heavy (non-hydrogen) atoms. The Labute approximate surface area is 249 Å². The third-order valence-electron chi connectivity index (χ3n) is 7.76. The Morgan fingerprint density at radius 1 is 1.07 bits per heavy atom. The van der Waals surface area contributed by atoms with Crippen LogP contribution in [0.4, 0.5) is 4.39 Å². The standard InChI is InChI=1S/C29H36Cl2FN5O4/c1-34-26(38)25(15-19-5-8-22(30)23(31)13-19)36-11-12-37(21(16-36)17-41-2)27(39)24(35-28(40)29(33)9-10-29)14-18-3-6-20(32)7-4-18/h3-8,13,21,24-25H,9-12,14-17,33H2,1-2H3,(H,34,38)(H,35,40). The summed E-state index contributed by atoms with van der Waals surface area (Å²) < 4.78 is 19.0. The molecule has 4 rings (SSSR count). The largest absolute Gasteiger partial charge is 0.382 e. The Bertz CT molecular complexity index is 1260. The lowest BCUT2D eigenvalue weighted by molar-refractivity contribution is -0.144. The summed E-state index contributed by atoms with van der Waals surface area (Å²) in [4.78, 5) is 43.6. The van der Waals surface area contributed by atoms with Gasteiger partial charge in [0.25, 0.3) is 0 Å². The van der Waals surface area contributed by atoms with Crippen molar-refractivity contribution in [1.82, 2.24) is 20.4 Å². The van der Waals surface area contributed by atoms with E-state index in [4.69, 9.17) is 33.7 Å². The SMILES string of the molecule is CNC(=O)C(Cc1ccc(Cl)c(Cl)c1)N1CCN(C(=O)C(Cc2ccc(F)cc2)NC(=O)C2(N)CC2)C(COC)C1. The Morgan fingerprint density at radius 3 is 2.37 bits per heavy atom. The molecule has 0 aromatic heterocycles. The van der Waals surface area contributed by atoms with Crippen molar-refractivity contribution in [3.63, 3.8) is 0 Å². The molecule has 4 N–H and O–H groups in total. The van der Waals surface area contributed by atoms with Crippen LogP contribution in [-0.4, -0.2) is 91.6 Å². The van der Waals surface area contributed by atoms with Crippen LogP contribution in [0.2, 0.25) is 10.0 Å². The zero-order valence-corrected chi connectivity index (χ0v) is 24.7. The normalized spacial score (nSPS) is 19.8. The molecule has 2 fully saturated rings. The number of hydrogen-bond donors (Lipinski definition) is 3. The van der Waals surface area contributed by atoms with Crippen LogP contribution in [0.15, 0.2) is 42.5 Å². The molecule has 2 aromatic carbocycles. The van der Waals surface area contributed by atoms with Gasteiger partial charge < -0.3 is 26.0 Å². The number of carbonyl (C=O) groups excluding carboxylic acids is 3. The predicted molar refractivity (Wildman–Crippen MR) is 155 cm³/mol. The van der Waals surface area contributed by atoms with Crippen LogP contribution in [0.1, 0.15) is 24.0 Å². The lowest BCUT2D eigenvalue weighted by Crippen LogP contribution is -2.64. The molecular weight excluding hydrogens is 572 g/mol. The highest BCUT2D eigenvalue weighted by molar-refractivity contribution is 6.42. The number of methoxy groups -OCH3 is 1. The second-order valence-corrected chi connectivity index (χ2v) is 11.5. The van der Waals surface area contributed by atoms with Crippen molar-refractivity contribution in [2.45, 2.75) is 49.3 Å². The molecule has 3 unspecified atom stereocenters. The fourth-order valence-electron chi connectivity index (χ4n) is 5.15. The third-order valence-corrected chi connectivity index (χ3v) is 8.50. The summed E-state index contributed by atoms with van der Waals surface area (Å²) in [5.74, 6) is -1.20. The molecule has 0 bridgehead atoms. The second kappa shape index (κ2) is 13.5. The molecule has 2 aromatic rings. The fraction of sp³-hybridized carbons (Fsp3) is 0.483. The van der Waals surface area contributed by atoms with Gasteiger partial charge in [-0.15, -0.1) is 0 Å². The summed E-state index contributed by atoms with van der Waals surface area (Å²) in [6, 6.07) is 9.32. The van der Waals surface area contributed by atoms with Gasteiger partial charge in [0.2, 0.25) is 17.7 Å². The zero-order chi connectivity index (χ0) is 29.7. The Balaban J connectivity index is 1.53. The number of piperazine rings is 1. The topological polar surface area (TPSA) is 117 Å². The molecule has 1 saturated heterocycles. The van der Waals surface area contributed by atoms with Crippen molar-refractivity contribution in [2.24, 2.45) is 5.73 Å². The number of halogens is 3. The highest BCUT2D eigenvalue weighted by atomic mass is 35.5. The molecule has 222 valence electrons. The van der Waals surface area contributed by atoms with Crippen molar-refractivity contribution >= 4 is 40.9 Å². The molecule has 0 spiro atoms. The summed E-state index contributed by atoms with van der Waals surface area (Å²) in [6.45, 7) is 1.33. The maximum atomic E-state index is 14.0. The third kappa shape index (κ3) is 7.75. The average Bonchev–Trinajstić information content (AvgIpc) is 3.72. The lowest BCUT2D eigenvalue weighted by atomic mass is 9.99. The van der Waals surface area contributed by atoms with Gasteiger partial charge in [-0.3, -0.25) is 19.3 Å². The number of nitrogens with zero attached hydrogens (tertiary/aromatic N) is 2. The van der Waals surface area contributed by atoms with Crippen molar-refractivity contribution in [2.75, 3.05) is 40.4 Å². The Morgan fingerprint density at radius 2 is 1.76 bits per heavy atom. The number of benzene rings is 2. The number of rotatable bonds is 11. The average molecular weight is 609 g/mol. The number of carbonyl (C=O) groups is 3. The van der Waals surface area contributed by atoms with Gasteiger partial charge in [0.15, 0.2) is 0 Å². The first kappa shape index (κ1) is 31.2. The summed E-state index contributed by atoms with van der Waals surface area (Å²) in [6.07, 6.45) is 1.69. The van der Waals surface area contributed by atoms with Crippen LogP contribution >= 0.6 is 23.2 Å². The van der Waals surface area contributed by atoms with E-state index >= 15 is 0 Å². The number of ether oxygens (including phenoxy) is 1. The number of amides is 3. The zero-order valence-electron chi connectivity index (χ0n) is 23.2. The van der Waals surface area contributed by atoms with Crippen LogP contribution in [0.5, 0.6) is 0 Å². The molecule has 1 aliphatic carbocycles. The smallest absolute Gasteiger partial charge is 0.245 e. The second-order valence-electron chi connectivity index (χ2n) is 10.7. The minimum Gasteiger partial charge on any atom is -0.382 e. The van der Waals surface area contributed by atoms with E-state index in [0.29, 0.717) is 54.5 Å². The molecule has 0 radical (unpaired) electrons. The van der Waals surface area contributed by atoms with E-state index in [-0.39, 0.29) is 42.6 Å². The van der Waals surface area contributed by atoms with Crippen molar-refractivity contribution in [3.8, 4) is 0 Å². The van der Waals surface area contributed by atoms with Gasteiger partial charge in [-0.05, 0) is 54.7 Å². The van der Waals surface area contributed by atoms with Crippen molar-refractivity contribution < 1.29 is 23.5 Å². The number of nitrogens with two attached hydrogens (primary N) is 1. The molecule has 1 saturated carbocycles. The monoisotopic (exact) mass is 607 g/mol. The summed E-state index contributed by atoms with van der Waals surface area (Å²) in [5.41, 5.74) is 6.71. The van der Waals surface area contributed by atoms with Gasteiger partial charge in [-0.25, -0.2) is 4.39 Å². The fourth-order valence-corrected chi connectivity index (χ4v) is 5.47. The van der Waals surface area contributed by atoms with E-state index < -0.39 is 17.6 Å². The van der Waals surface area contributed by atoms with E-state index in [1.807, 2.05) is 11.0 Å². The van der Waals surface area contributed by atoms with Crippen LogP contribution in [0, 0.1) is 5.82 Å². The summed E-state index contributed by atoms with van der Waals surface area (Å²) >= 11 is 12.3. The van der Waals surface area contributed by atoms with Crippen LogP contribution in [-0.2, 0) is 32.0 Å². The van der Waals surface area contributed by atoms with E-state index in [1.54, 1.807) is 43.3 Å². The quantitative estimate of drug-likeness (QED) is 0.360. The van der Waals surface area contributed by atoms with E-state index in [9.17, 15) is 18.8 Å². The highest BCUT2D eigenvalue weighted by Crippen LogP contribution is 2.32. The summed E-state index contributed by atoms with van der Waals surface area (Å²) in [5, 5.41) is 6.44. The molecule has 3 atom stereocenters. The maximum absolute atomic E-state index is 14.0. The van der Waals surface area contributed by atoms with Gasteiger partial charge in [-0.1, -0.05) is 41.4 Å². The molecular formula is C29H36Cl2FN5O4. The lowest BCUT2D eigenvalue weighted by Gasteiger charge is -2.44. The van der Waals surface area contributed by atoms with E-state index in [0.717, 1.165) is 5.56 Å². The minimum atomic E-state index is -0.961. The van der Waals surface area contributed by atoms with Gasteiger partial charge >= 0.3 is 0 Å². The first-order valence-electron chi connectivity index (χ1n) is 13.6. The first-order valence-corrected chi connectivity index (χ1v) is 14.3. The van der Waals surface area contributed by atoms with E-state index in [1.165, 1.54) is 12.1 Å². The van der Waals surface area contributed by atoms with Gasteiger partial charge in [0.05, 0.1) is 34.3 Å². The van der Waals surface area contributed by atoms with Gasteiger partial charge in [0, 0.05) is 40.2 Å². The number of nitrogens with one attached hydrogen (secondary N) is 2. The molecule has 2 aliphatic rings. The highest BCUT2D eigenvalue weighted by Gasteiger charge is 2.47. The number of likely N-dealkylation sites (N-methyl/N-ethyl adjacent to an activating group) is 1. The molecule has 12 heteroatoms. The van der Waals surface area contributed by atoms with Crippen molar-refractivity contribution in [1.29, 1.82) is 0 Å². The maximum Gasteiger partial charge on any atom is 0.245 e. The molecule has 1 heterocycles. The molecule has 3 amide bonds. The Kier molecular flexibility index (Phi) is 10.3. The first-order chi connectivity index (χ1) is 19.5. The van der Waals surface area contributed by atoms with Crippen LogP contribution < -0.4 is 16.4 Å². The van der Waals surface area contributed by atoms with Crippen molar-refractivity contribution in [3.05, 3.63) is 69.5 Å². The predicted octanol–water partition coefficient (Wildman–Crippen LogP) is 2.17. The molecule has 1 aliphatic heterocycles. The number of hydrogen-bond acceptors (Lipinski definition) is 6. The summed E-state index contributed by atoms with van der Waals surface area (Å²) in [7, 11) is 3.14. The Hall–Kier alpha value is -2.76. The van der Waals surface area contributed by atoms with Gasteiger partial charge in [-0.2, -0.15) is 0 Å². The van der Waals surface area contributed by atoms with Crippen LogP contribution in [0.25, 0.3) is 0 Å². The van der Waals surface area contributed by atoms with E-state index in [2.05, 4.69) is 10.6 Å².